The summed E-state index contributed by atoms with van der Waals surface area (Å²) in [6.45, 7) is 14.0. The minimum Gasteiger partial charge on any atom is -1.00 e. The number of quaternary nitrogens is 2. The molecular formula is C79H132BrN2NaO11S2. The Kier molecular flexibility index (Phi) is 55.7. The number of carbonyl (C=O) groups is 1. The van der Waals surface area contributed by atoms with Crippen molar-refractivity contribution >= 4 is 26.6 Å². The van der Waals surface area contributed by atoms with Crippen molar-refractivity contribution in [3.8, 4) is 0 Å². The monoisotopic (exact) mass is 1450 g/mol. The minimum atomic E-state index is -4.68. The van der Waals surface area contributed by atoms with E-state index in [0.29, 0.717) is 36.0 Å². The van der Waals surface area contributed by atoms with Crippen molar-refractivity contribution in [3.05, 3.63) is 142 Å². The number of ketones is 1. The summed E-state index contributed by atoms with van der Waals surface area (Å²) >= 11 is 0. The van der Waals surface area contributed by atoms with Gasteiger partial charge in [0.1, 0.15) is 13.1 Å². The molecule has 0 aliphatic carbocycles. The van der Waals surface area contributed by atoms with E-state index in [1.807, 2.05) is 50.5 Å². The van der Waals surface area contributed by atoms with Gasteiger partial charge in [-0.05, 0) is 54.7 Å². The van der Waals surface area contributed by atoms with E-state index in [1.165, 1.54) is 203 Å². The topological polar surface area (TPSA) is 168 Å². The second-order valence-corrected chi connectivity index (χ2v) is 30.6. The number of hydrogen-bond donors (Lipinski definition) is 0. The van der Waals surface area contributed by atoms with E-state index < -0.39 is 20.8 Å². The van der Waals surface area contributed by atoms with Crippen LogP contribution in [-0.4, -0.2) is 102 Å². The standard InChI is InChI=1S/C25H43NO5S.C22H40N.C22H36O6S.C10H14.BrH.Na/c1-4-5-6-7-8-9-10-11-12-13-15-25(27)24-18-16-23(17-19-24)22-26(2,3)20-14-21-31-32(28,29)30;1-5-6-7-8-9-10-11-12-13-14-15-21-16-18-22(19-17-21)20-23(2,3)4;1-2-3-4-5-6-7-8-9-10-11-12-21-18-26-22(28-21)20-15-13-19(14-16-20)17-27-29(23,24)25;1-9(2)8-10-6-4-3-5-7-10;;/h16-19H,4-15,20-22H2,1-3H3;16-19H,5-15,20H2,1-4H3;13-16,21-22H,2-12,17-18H2,1H3,(H,23,24,25);3-7,9H,8H2,1-2H3;1H;/q;+1;;;;+1/p-2. The second kappa shape index (κ2) is 57.2. The molecule has 17 heteroatoms. The van der Waals surface area contributed by atoms with Crippen LogP contribution in [0.3, 0.4) is 0 Å². The Balaban J connectivity index is 0.00000131. The van der Waals surface area contributed by atoms with Gasteiger partial charge in [0.2, 0.25) is 20.8 Å². The van der Waals surface area contributed by atoms with E-state index in [4.69, 9.17) is 9.47 Å². The Bertz CT molecular complexity index is 2700. The summed E-state index contributed by atoms with van der Waals surface area (Å²) in [5, 5.41) is 0. The van der Waals surface area contributed by atoms with Gasteiger partial charge < -0.3 is 44.5 Å². The zero-order chi connectivity index (χ0) is 69.2. The zero-order valence-electron chi connectivity index (χ0n) is 62.1. The number of benzene rings is 4. The molecule has 0 spiro atoms. The SMILES string of the molecule is CC(C)Cc1ccccc1.CCCCCCCCCCCCC(=O)c1ccc(C[N+](C)(C)CCCOS(=O)(=O)[O-])cc1.CCCCCCCCCCCCC1COC(c2ccc(COS(=O)(=O)[O-])cc2)O1.CCCCCCCCCCCCc1ccc(C[N+](C)(C)C)cc1.[Br-].[Na+]. The van der Waals surface area contributed by atoms with E-state index in [-0.39, 0.29) is 77.9 Å². The van der Waals surface area contributed by atoms with Gasteiger partial charge in [0.15, 0.2) is 12.1 Å². The van der Waals surface area contributed by atoms with Gasteiger partial charge in [0, 0.05) is 35.1 Å². The Morgan fingerprint density at radius 2 is 0.917 bits per heavy atom. The molecule has 4 aromatic carbocycles. The van der Waals surface area contributed by atoms with Crippen molar-refractivity contribution < 1.29 is 104 Å². The number of unbranched alkanes of at least 4 members (excludes halogenated alkanes) is 27. The first-order valence-corrected chi connectivity index (χ1v) is 39.5. The zero-order valence-corrected chi connectivity index (χ0v) is 67.3. The van der Waals surface area contributed by atoms with Gasteiger partial charge in [-0.25, -0.2) is 16.8 Å². The molecule has 2 atom stereocenters. The molecule has 0 amide bonds. The van der Waals surface area contributed by atoms with Gasteiger partial charge in [-0.15, -0.1) is 0 Å². The Morgan fingerprint density at radius 3 is 1.38 bits per heavy atom. The summed E-state index contributed by atoms with van der Waals surface area (Å²) < 4.78 is 84.9. The third-order valence-corrected chi connectivity index (χ3v) is 17.9. The molecule has 96 heavy (non-hydrogen) atoms. The van der Waals surface area contributed by atoms with Crippen LogP contribution in [0.5, 0.6) is 0 Å². The summed E-state index contributed by atoms with van der Waals surface area (Å²) in [7, 11) is 1.52. The number of Topliss-reactive ketones (excluding diaryl/α,β-unsaturated/α-hetero) is 1. The number of nitrogens with zero attached hydrogens (tertiary/aromatic N) is 2. The quantitative estimate of drug-likeness (QED) is 0.0103. The molecule has 1 saturated heterocycles. The summed E-state index contributed by atoms with van der Waals surface area (Å²) in [5.74, 6) is 0.975. The van der Waals surface area contributed by atoms with Gasteiger partial charge >= 0.3 is 29.6 Å². The molecule has 2 unspecified atom stereocenters. The van der Waals surface area contributed by atoms with E-state index >= 15 is 0 Å². The predicted molar refractivity (Wildman–Crippen MR) is 388 cm³/mol. The summed E-state index contributed by atoms with van der Waals surface area (Å²) in [6.07, 6.45) is 44.3. The maximum absolute atomic E-state index is 12.4. The van der Waals surface area contributed by atoms with Crippen molar-refractivity contribution in [3.63, 3.8) is 0 Å². The Labute approximate surface area is 620 Å². The molecule has 1 aliphatic rings. The Morgan fingerprint density at radius 1 is 0.500 bits per heavy atom. The molecule has 0 aromatic heterocycles. The molecule has 4 aromatic rings. The molecule has 544 valence electrons. The number of aryl methyl sites for hydroxylation is 1. The van der Waals surface area contributed by atoms with Crippen LogP contribution in [0.2, 0.25) is 0 Å². The molecule has 0 radical (unpaired) electrons. The van der Waals surface area contributed by atoms with E-state index in [1.54, 1.807) is 12.1 Å². The van der Waals surface area contributed by atoms with Crippen LogP contribution in [-0.2, 0) is 71.2 Å². The fourth-order valence-corrected chi connectivity index (χ4v) is 12.3. The molecule has 1 fully saturated rings. The van der Waals surface area contributed by atoms with Crippen molar-refractivity contribution in [1.29, 1.82) is 0 Å². The molecule has 13 nitrogen and oxygen atoms in total. The van der Waals surface area contributed by atoms with Crippen LogP contribution in [0.15, 0.2) is 103 Å². The number of ether oxygens (including phenoxy) is 2. The molecule has 0 N–H and O–H groups in total. The predicted octanol–water partition coefficient (Wildman–Crippen LogP) is 14.3. The van der Waals surface area contributed by atoms with Gasteiger partial charge in [-0.2, -0.15) is 0 Å². The van der Waals surface area contributed by atoms with Crippen LogP contribution >= 0.6 is 0 Å². The van der Waals surface area contributed by atoms with Gasteiger partial charge in [-0.3, -0.25) is 13.2 Å². The Hall–Kier alpha value is -2.39. The van der Waals surface area contributed by atoms with Crippen molar-refractivity contribution in [1.82, 2.24) is 0 Å². The first-order chi connectivity index (χ1) is 44.9. The van der Waals surface area contributed by atoms with Crippen LogP contribution in [0.1, 0.15) is 297 Å². The third kappa shape index (κ3) is 54.4. The van der Waals surface area contributed by atoms with Crippen molar-refractivity contribution in [2.45, 2.75) is 291 Å². The van der Waals surface area contributed by atoms with Gasteiger partial charge in [-0.1, -0.05) is 318 Å². The first kappa shape index (κ1) is 93.6. The molecule has 1 heterocycles. The number of rotatable bonds is 49. The van der Waals surface area contributed by atoms with Gasteiger partial charge in [0.05, 0.1) is 67.7 Å². The van der Waals surface area contributed by atoms with Crippen LogP contribution < -0.4 is 46.5 Å². The maximum atomic E-state index is 12.4. The molecule has 5 rings (SSSR count). The van der Waals surface area contributed by atoms with E-state index in [9.17, 15) is 30.7 Å². The molecule has 0 bridgehead atoms. The van der Waals surface area contributed by atoms with Crippen LogP contribution in [0.25, 0.3) is 0 Å². The minimum absolute atomic E-state index is 0. The summed E-state index contributed by atoms with van der Waals surface area (Å²) in [4.78, 5) is 12.4. The van der Waals surface area contributed by atoms with E-state index in [2.05, 4.69) is 119 Å². The number of carbonyl (C=O) groups excluding carboxylic acids is 1. The summed E-state index contributed by atoms with van der Waals surface area (Å²) in [5.41, 5.74) is 7.76. The fraction of sp³-hybridized carbons (Fsp3) is 0.684. The molecular weight excluding hydrogens is 1320 g/mol. The first-order valence-electron chi connectivity index (χ1n) is 36.8. The van der Waals surface area contributed by atoms with Crippen molar-refractivity contribution in [2.24, 2.45) is 5.92 Å². The smallest absolute Gasteiger partial charge is 1.00 e. The normalized spacial score (nSPS) is 13.9. The average Bonchev–Trinajstić information content (AvgIpc) is 1.69. The van der Waals surface area contributed by atoms with Crippen LogP contribution in [0.4, 0.5) is 0 Å². The molecule has 1 aliphatic heterocycles. The van der Waals surface area contributed by atoms with Crippen molar-refractivity contribution in [2.75, 3.05) is 55.0 Å². The average molecular weight is 1450 g/mol. The second-order valence-electron chi connectivity index (χ2n) is 28.5. The molecule has 0 saturated carbocycles. The number of hydrogen-bond acceptors (Lipinski definition) is 11. The number of halogens is 1. The fourth-order valence-electron chi connectivity index (χ4n) is 11.7. The van der Waals surface area contributed by atoms with E-state index in [0.717, 1.165) is 65.9 Å². The largest absolute Gasteiger partial charge is 1.00 e. The third-order valence-electron chi connectivity index (χ3n) is 17.0. The summed E-state index contributed by atoms with van der Waals surface area (Å²) in [6, 6.07) is 34.7. The maximum Gasteiger partial charge on any atom is 1.00 e. The van der Waals surface area contributed by atoms with Gasteiger partial charge in [0.25, 0.3) is 0 Å². The van der Waals surface area contributed by atoms with Crippen LogP contribution in [0, 0.1) is 5.92 Å².